The van der Waals surface area contributed by atoms with Crippen molar-refractivity contribution in [2.45, 2.75) is 25.8 Å². The van der Waals surface area contributed by atoms with Gasteiger partial charge in [-0.25, -0.2) is 0 Å². The molecule has 0 aliphatic rings. The smallest absolute Gasteiger partial charge is 0.140 e. The van der Waals surface area contributed by atoms with Gasteiger partial charge in [-0.3, -0.25) is 4.90 Å². The predicted molar refractivity (Wildman–Crippen MR) is 67.4 cm³/mol. The maximum Gasteiger partial charge on any atom is 0.140 e. The Morgan fingerprint density at radius 1 is 1.29 bits per heavy atom. The van der Waals surface area contributed by atoms with Crippen LogP contribution in [0, 0.1) is 0 Å². The summed E-state index contributed by atoms with van der Waals surface area (Å²) in [7, 11) is 3.36. The molecule has 0 aromatic carbocycles. The Hall–Kier alpha value is -0.850. The van der Waals surface area contributed by atoms with E-state index in [0.717, 1.165) is 19.5 Å². The van der Waals surface area contributed by atoms with Crippen LogP contribution in [0.3, 0.4) is 0 Å². The molecule has 0 radical (unpaired) electrons. The van der Waals surface area contributed by atoms with Crippen molar-refractivity contribution in [3.63, 3.8) is 0 Å². The molecule has 0 saturated carbocycles. The van der Waals surface area contributed by atoms with Crippen molar-refractivity contribution in [2.24, 2.45) is 10.9 Å². The molecule has 0 aliphatic heterocycles. The van der Waals surface area contributed by atoms with Gasteiger partial charge in [0.05, 0.1) is 13.2 Å². The van der Waals surface area contributed by atoms with Crippen molar-refractivity contribution in [3.05, 3.63) is 0 Å². The summed E-state index contributed by atoms with van der Waals surface area (Å²) < 4.78 is 10.2. The average molecular weight is 247 g/mol. The lowest BCUT2D eigenvalue weighted by Gasteiger charge is -2.30. The van der Waals surface area contributed by atoms with Crippen molar-refractivity contribution in [1.82, 2.24) is 4.90 Å². The van der Waals surface area contributed by atoms with Crippen LogP contribution in [0.4, 0.5) is 0 Å². The zero-order valence-corrected chi connectivity index (χ0v) is 11.1. The van der Waals surface area contributed by atoms with E-state index < -0.39 is 0 Å². The number of hydrogen-bond acceptors (Lipinski definition) is 5. The molecule has 102 valence electrons. The zero-order chi connectivity index (χ0) is 13.1. The second-order valence-electron chi connectivity index (χ2n) is 3.88. The number of hydrogen-bond donors (Lipinski definition) is 2. The van der Waals surface area contributed by atoms with Crippen molar-refractivity contribution < 1.29 is 14.7 Å². The zero-order valence-electron chi connectivity index (χ0n) is 11.1. The van der Waals surface area contributed by atoms with E-state index in [0.29, 0.717) is 19.6 Å². The van der Waals surface area contributed by atoms with E-state index in [1.54, 1.807) is 14.2 Å². The number of oxime groups is 1. The summed E-state index contributed by atoms with van der Waals surface area (Å²) in [4.78, 5) is 2.24. The quantitative estimate of drug-likeness (QED) is 0.254. The second-order valence-corrected chi connectivity index (χ2v) is 3.88. The Balaban J connectivity index is 4.36. The maximum absolute atomic E-state index is 8.61. The Bertz CT molecular complexity index is 204. The Morgan fingerprint density at radius 3 is 2.18 bits per heavy atom. The van der Waals surface area contributed by atoms with Gasteiger partial charge in [0.15, 0.2) is 0 Å². The van der Waals surface area contributed by atoms with Crippen molar-refractivity contribution >= 4 is 5.84 Å². The summed E-state index contributed by atoms with van der Waals surface area (Å²) >= 11 is 0. The lowest BCUT2D eigenvalue weighted by Crippen LogP contribution is -2.41. The fourth-order valence-corrected chi connectivity index (χ4v) is 1.71. The number of methoxy groups -OCH3 is 2. The molecular weight excluding hydrogens is 222 g/mol. The highest BCUT2D eigenvalue weighted by molar-refractivity contribution is 5.80. The van der Waals surface area contributed by atoms with Gasteiger partial charge < -0.3 is 20.4 Å². The minimum absolute atomic E-state index is 0.246. The summed E-state index contributed by atoms with van der Waals surface area (Å²) in [5, 5.41) is 11.6. The Labute approximate surface area is 103 Å². The molecule has 3 N–H and O–H groups in total. The van der Waals surface area contributed by atoms with E-state index in [-0.39, 0.29) is 11.9 Å². The Morgan fingerprint density at radius 2 is 1.82 bits per heavy atom. The van der Waals surface area contributed by atoms with E-state index in [1.807, 2.05) is 0 Å². The summed E-state index contributed by atoms with van der Waals surface area (Å²) in [5.74, 6) is 0.261. The van der Waals surface area contributed by atoms with Gasteiger partial charge in [-0.1, -0.05) is 12.1 Å². The van der Waals surface area contributed by atoms with Crippen molar-refractivity contribution in [2.75, 3.05) is 40.5 Å². The number of ether oxygens (including phenoxy) is 2. The van der Waals surface area contributed by atoms with E-state index in [1.165, 1.54) is 0 Å². The van der Waals surface area contributed by atoms with Gasteiger partial charge in [-0.05, 0) is 6.42 Å². The molecule has 0 aromatic rings. The maximum atomic E-state index is 8.61. The molecule has 0 aromatic heterocycles. The van der Waals surface area contributed by atoms with Crippen LogP contribution in [0.1, 0.15) is 19.8 Å². The first kappa shape index (κ1) is 16.1. The van der Waals surface area contributed by atoms with Gasteiger partial charge >= 0.3 is 0 Å². The van der Waals surface area contributed by atoms with Gasteiger partial charge in [0.2, 0.25) is 0 Å². The molecule has 0 bridgehead atoms. The summed E-state index contributed by atoms with van der Waals surface area (Å²) in [5.41, 5.74) is 5.56. The fourth-order valence-electron chi connectivity index (χ4n) is 1.71. The van der Waals surface area contributed by atoms with Crippen LogP contribution in [0.5, 0.6) is 0 Å². The number of amidine groups is 1. The third-order valence-electron chi connectivity index (χ3n) is 2.73. The molecule has 0 fully saturated rings. The van der Waals surface area contributed by atoms with Gasteiger partial charge in [0, 0.05) is 39.8 Å². The SMILES string of the molecule is CCC(C/C(N)=N/O)N(CCOC)CCOC. The van der Waals surface area contributed by atoms with Gasteiger partial charge in [-0.15, -0.1) is 0 Å². The molecule has 1 unspecified atom stereocenters. The molecule has 0 saturated heterocycles. The lowest BCUT2D eigenvalue weighted by atomic mass is 10.1. The summed E-state index contributed by atoms with van der Waals surface area (Å²) in [6.07, 6.45) is 1.49. The van der Waals surface area contributed by atoms with Crippen molar-refractivity contribution in [3.8, 4) is 0 Å². The minimum atomic E-state index is 0.246. The van der Waals surface area contributed by atoms with E-state index in [2.05, 4.69) is 17.0 Å². The first-order valence-electron chi connectivity index (χ1n) is 5.87. The van der Waals surface area contributed by atoms with Crippen LogP contribution < -0.4 is 5.73 Å². The Kier molecular flexibility index (Phi) is 9.80. The molecule has 6 nitrogen and oxygen atoms in total. The minimum Gasteiger partial charge on any atom is -0.409 e. The van der Waals surface area contributed by atoms with Gasteiger partial charge in [0.25, 0.3) is 0 Å². The molecule has 0 aliphatic carbocycles. The highest BCUT2D eigenvalue weighted by Crippen LogP contribution is 2.08. The van der Waals surface area contributed by atoms with Crippen LogP contribution in [0.2, 0.25) is 0 Å². The van der Waals surface area contributed by atoms with Crippen LogP contribution >= 0.6 is 0 Å². The molecule has 0 amide bonds. The first-order chi connectivity index (χ1) is 8.19. The first-order valence-corrected chi connectivity index (χ1v) is 5.87. The molecule has 0 spiro atoms. The largest absolute Gasteiger partial charge is 0.409 e. The highest BCUT2D eigenvalue weighted by Gasteiger charge is 2.17. The van der Waals surface area contributed by atoms with E-state index in [9.17, 15) is 0 Å². The highest BCUT2D eigenvalue weighted by atomic mass is 16.5. The topological polar surface area (TPSA) is 80.3 Å². The summed E-state index contributed by atoms with van der Waals surface area (Å²) in [6.45, 7) is 5.04. The fraction of sp³-hybridized carbons (Fsp3) is 0.909. The lowest BCUT2D eigenvalue weighted by molar-refractivity contribution is 0.0872. The van der Waals surface area contributed by atoms with E-state index in [4.69, 9.17) is 20.4 Å². The van der Waals surface area contributed by atoms with E-state index >= 15 is 0 Å². The third kappa shape index (κ3) is 7.14. The molecular formula is C11H25N3O3. The van der Waals surface area contributed by atoms with Crippen molar-refractivity contribution in [1.29, 1.82) is 0 Å². The number of nitrogens with zero attached hydrogens (tertiary/aromatic N) is 2. The average Bonchev–Trinajstić information content (AvgIpc) is 2.36. The van der Waals surface area contributed by atoms with Gasteiger partial charge in [0.1, 0.15) is 5.84 Å². The summed E-state index contributed by atoms with van der Waals surface area (Å²) in [6, 6.07) is 0.246. The monoisotopic (exact) mass is 247 g/mol. The number of rotatable bonds is 10. The van der Waals surface area contributed by atoms with Crippen LogP contribution in [-0.4, -0.2) is 62.5 Å². The normalized spacial score (nSPS) is 14.2. The standard InChI is InChI=1S/C11H25N3O3/c1-4-10(9-11(12)13-15)14(5-7-16-2)6-8-17-3/h10,15H,4-9H2,1-3H3,(H2,12,13). The molecule has 1 atom stereocenters. The molecule has 0 rings (SSSR count). The van der Waals surface area contributed by atoms with Crippen LogP contribution in [0.15, 0.2) is 5.16 Å². The van der Waals surface area contributed by atoms with Crippen LogP contribution in [-0.2, 0) is 9.47 Å². The molecule has 17 heavy (non-hydrogen) atoms. The second kappa shape index (κ2) is 10.3. The number of nitrogens with two attached hydrogens (primary N) is 1. The predicted octanol–water partition coefficient (Wildman–Crippen LogP) is 0.496. The van der Waals surface area contributed by atoms with Gasteiger partial charge in [-0.2, -0.15) is 0 Å². The molecule has 6 heteroatoms. The molecule has 0 heterocycles. The van der Waals surface area contributed by atoms with Crippen LogP contribution in [0.25, 0.3) is 0 Å². The third-order valence-corrected chi connectivity index (χ3v) is 2.73.